The van der Waals surface area contributed by atoms with Crippen LogP contribution in [-0.2, 0) is 5.41 Å². The van der Waals surface area contributed by atoms with Gasteiger partial charge in [0, 0.05) is 25.5 Å². The van der Waals surface area contributed by atoms with Crippen LogP contribution in [-0.4, -0.2) is 12.2 Å². The van der Waals surface area contributed by atoms with Crippen LogP contribution in [0.25, 0.3) is 5.76 Å². The third-order valence-electron chi connectivity index (χ3n) is 5.08. The monoisotopic (exact) mass is 500 g/mol. The highest BCUT2D eigenvalue weighted by Crippen LogP contribution is 2.51. The number of rotatable bonds is 3. The number of phenols is 1. The first-order valence-corrected chi connectivity index (χ1v) is 10.3. The van der Waals surface area contributed by atoms with Crippen molar-refractivity contribution in [1.82, 2.24) is 0 Å². The van der Waals surface area contributed by atoms with Gasteiger partial charge in [-0.1, -0.05) is 62.2 Å². The number of aromatic hydroxyl groups is 1. The van der Waals surface area contributed by atoms with Gasteiger partial charge in [0.05, 0.1) is 7.11 Å². The fraction of sp³-hybridized carbons (Fsp3) is 0.130. The van der Waals surface area contributed by atoms with Gasteiger partial charge < -0.3 is 14.6 Å². The standard InChI is InChI=1S/C23H18Br2O3/c1-23(15-5-9-17(25)10-6-15)13-20(14-3-7-16(24)8-4-14)28-22-18(23)11-12-19(27-2)21(22)26/h3-13,26H,1-2H3. The number of methoxy groups -OCH3 is 1. The van der Waals surface area contributed by atoms with Crippen LogP contribution in [0.1, 0.15) is 23.6 Å². The zero-order valence-corrected chi connectivity index (χ0v) is 18.5. The van der Waals surface area contributed by atoms with Crippen LogP contribution in [0.15, 0.2) is 75.7 Å². The predicted molar refractivity (Wildman–Crippen MR) is 118 cm³/mol. The van der Waals surface area contributed by atoms with E-state index in [-0.39, 0.29) is 5.75 Å². The minimum absolute atomic E-state index is 0.00560. The molecular formula is C23H18Br2O3. The van der Waals surface area contributed by atoms with Crippen LogP contribution in [0.5, 0.6) is 17.2 Å². The Labute approximate surface area is 180 Å². The fourth-order valence-corrected chi connectivity index (χ4v) is 4.03. The van der Waals surface area contributed by atoms with E-state index < -0.39 is 5.41 Å². The first-order valence-electron chi connectivity index (χ1n) is 8.75. The van der Waals surface area contributed by atoms with Gasteiger partial charge in [0.15, 0.2) is 11.5 Å². The predicted octanol–water partition coefficient (Wildman–Crippen LogP) is 6.67. The van der Waals surface area contributed by atoms with Gasteiger partial charge in [0.1, 0.15) is 5.76 Å². The molecule has 0 amide bonds. The van der Waals surface area contributed by atoms with Crippen LogP contribution in [0.3, 0.4) is 0 Å². The van der Waals surface area contributed by atoms with E-state index in [1.165, 1.54) is 7.11 Å². The molecule has 0 bridgehead atoms. The Hall–Kier alpha value is -2.24. The van der Waals surface area contributed by atoms with Crippen LogP contribution < -0.4 is 9.47 Å². The number of halogens is 2. The highest BCUT2D eigenvalue weighted by Gasteiger charge is 2.37. The molecule has 0 fully saturated rings. The Balaban J connectivity index is 1.95. The van der Waals surface area contributed by atoms with Crippen LogP contribution in [0.4, 0.5) is 0 Å². The van der Waals surface area contributed by atoms with Gasteiger partial charge in [0.2, 0.25) is 5.75 Å². The molecule has 1 atom stereocenters. The lowest BCUT2D eigenvalue weighted by atomic mass is 9.74. The number of hydrogen-bond acceptors (Lipinski definition) is 3. The van der Waals surface area contributed by atoms with E-state index in [1.54, 1.807) is 6.07 Å². The Morgan fingerprint density at radius 1 is 0.893 bits per heavy atom. The summed E-state index contributed by atoms with van der Waals surface area (Å²) < 4.78 is 13.5. The largest absolute Gasteiger partial charge is 0.502 e. The quantitative estimate of drug-likeness (QED) is 0.435. The molecule has 0 aliphatic carbocycles. The molecular weight excluding hydrogens is 484 g/mol. The summed E-state index contributed by atoms with van der Waals surface area (Å²) in [6.45, 7) is 2.13. The lowest BCUT2D eigenvalue weighted by Gasteiger charge is -2.35. The van der Waals surface area contributed by atoms with Gasteiger partial charge in [-0.25, -0.2) is 0 Å². The van der Waals surface area contributed by atoms with Gasteiger partial charge in [-0.15, -0.1) is 0 Å². The highest BCUT2D eigenvalue weighted by atomic mass is 79.9. The smallest absolute Gasteiger partial charge is 0.201 e. The molecule has 3 nitrogen and oxygen atoms in total. The summed E-state index contributed by atoms with van der Waals surface area (Å²) >= 11 is 6.97. The molecule has 0 saturated heterocycles. The summed E-state index contributed by atoms with van der Waals surface area (Å²) in [5.41, 5.74) is 2.42. The molecule has 1 unspecified atom stereocenters. The Kier molecular flexibility index (Phi) is 4.98. The number of fused-ring (bicyclic) bond motifs is 1. The number of phenolic OH excluding ortho intramolecular Hbond substituents is 1. The number of allylic oxidation sites excluding steroid dienone is 1. The second-order valence-corrected chi connectivity index (χ2v) is 8.65. The molecule has 1 heterocycles. The minimum Gasteiger partial charge on any atom is -0.502 e. The van der Waals surface area contributed by atoms with Gasteiger partial charge >= 0.3 is 0 Å². The van der Waals surface area contributed by atoms with Crippen molar-refractivity contribution >= 4 is 37.6 Å². The lowest BCUT2D eigenvalue weighted by Crippen LogP contribution is -2.26. The Morgan fingerprint density at radius 3 is 2.11 bits per heavy atom. The van der Waals surface area contributed by atoms with E-state index in [1.807, 2.05) is 42.5 Å². The molecule has 28 heavy (non-hydrogen) atoms. The summed E-state index contributed by atoms with van der Waals surface area (Å²) in [4.78, 5) is 0. The van der Waals surface area contributed by atoms with Crippen LogP contribution >= 0.6 is 31.9 Å². The zero-order chi connectivity index (χ0) is 19.9. The third-order valence-corrected chi connectivity index (χ3v) is 6.14. The average Bonchev–Trinajstić information content (AvgIpc) is 2.69. The highest BCUT2D eigenvalue weighted by molar-refractivity contribution is 9.10. The maximum atomic E-state index is 10.8. The second-order valence-electron chi connectivity index (χ2n) is 6.82. The topological polar surface area (TPSA) is 38.7 Å². The molecule has 1 N–H and O–H groups in total. The molecule has 1 aliphatic heterocycles. The number of hydrogen-bond donors (Lipinski definition) is 1. The van der Waals surface area contributed by atoms with E-state index in [4.69, 9.17) is 9.47 Å². The lowest BCUT2D eigenvalue weighted by molar-refractivity contribution is 0.351. The minimum atomic E-state index is -0.486. The molecule has 142 valence electrons. The Bertz CT molecular complexity index is 1060. The fourth-order valence-electron chi connectivity index (χ4n) is 3.50. The van der Waals surface area contributed by atoms with Crippen molar-refractivity contribution in [2.24, 2.45) is 0 Å². The molecule has 0 saturated carbocycles. The molecule has 5 heteroatoms. The van der Waals surface area contributed by atoms with E-state index in [0.717, 1.165) is 25.6 Å². The average molecular weight is 502 g/mol. The maximum absolute atomic E-state index is 10.8. The maximum Gasteiger partial charge on any atom is 0.201 e. The first kappa shape index (κ1) is 19.1. The normalized spacial score (nSPS) is 18.1. The van der Waals surface area contributed by atoms with Crippen molar-refractivity contribution in [3.05, 3.63) is 92.4 Å². The number of ether oxygens (including phenoxy) is 2. The van der Waals surface area contributed by atoms with Crippen LogP contribution in [0, 0.1) is 0 Å². The van der Waals surface area contributed by atoms with Crippen molar-refractivity contribution in [2.45, 2.75) is 12.3 Å². The Morgan fingerprint density at radius 2 is 1.50 bits per heavy atom. The molecule has 0 aromatic heterocycles. The van der Waals surface area contributed by atoms with E-state index >= 15 is 0 Å². The summed E-state index contributed by atoms with van der Waals surface area (Å²) in [7, 11) is 1.53. The van der Waals surface area contributed by atoms with Crippen molar-refractivity contribution in [2.75, 3.05) is 7.11 Å². The molecule has 0 radical (unpaired) electrons. The van der Waals surface area contributed by atoms with Crippen molar-refractivity contribution in [3.63, 3.8) is 0 Å². The van der Waals surface area contributed by atoms with Gasteiger partial charge in [-0.05, 0) is 48.9 Å². The van der Waals surface area contributed by atoms with Crippen molar-refractivity contribution < 1.29 is 14.6 Å². The second kappa shape index (κ2) is 7.30. The van der Waals surface area contributed by atoms with E-state index in [0.29, 0.717) is 17.3 Å². The van der Waals surface area contributed by atoms with Gasteiger partial charge in [-0.3, -0.25) is 0 Å². The molecule has 4 rings (SSSR count). The SMILES string of the molecule is COc1ccc2c(c1O)OC(c1ccc(Br)cc1)=CC2(C)c1ccc(Br)cc1. The summed E-state index contributed by atoms with van der Waals surface area (Å²) in [6, 6.07) is 19.8. The van der Waals surface area contributed by atoms with E-state index in [2.05, 4.69) is 57.0 Å². The molecule has 1 aliphatic rings. The van der Waals surface area contributed by atoms with E-state index in [9.17, 15) is 5.11 Å². The molecule has 0 spiro atoms. The molecule has 3 aromatic carbocycles. The summed E-state index contributed by atoms with van der Waals surface area (Å²) in [5, 5.41) is 10.8. The number of benzene rings is 3. The summed E-state index contributed by atoms with van der Waals surface area (Å²) in [5.74, 6) is 1.50. The van der Waals surface area contributed by atoms with Crippen molar-refractivity contribution in [3.8, 4) is 17.2 Å². The first-order chi connectivity index (χ1) is 13.4. The van der Waals surface area contributed by atoms with Crippen molar-refractivity contribution in [1.29, 1.82) is 0 Å². The van der Waals surface area contributed by atoms with Gasteiger partial charge in [0.25, 0.3) is 0 Å². The zero-order valence-electron chi connectivity index (χ0n) is 15.4. The van der Waals surface area contributed by atoms with Gasteiger partial charge in [-0.2, -0.15) is 0 Å². The summed E-state index contributed by atoms with van der Waals surface area (Å²) in [6.07, 6.45) is 2.10. The van der Waals surface area contributed by atoms with Crippen LogP contribution in [0.2, 0.25) is 0 Å². The molecule has 3 aromatic rings. The third kappa shape index (κ3) is 3.23.